The number of ether oxygens (including phenoxy) is 1. The van der Waals surface area contributed by atoms with Gasteiger partial charge in [-0.1, -0.05) is 44.8 Å². The third-order valence-electron chi connectivity index (χ3n) is 10.5. The molecule has 0 spiro atoms. The lowest BCUT2D eigenvalue weighted by Crippen LogP contribution is -2.57. The molecule has 5 aliphatic carbocycles. The van der Waals surface area contributed by atoms with Crippen LogP contribution >= 0.6 is 0 Å². The second kappa shape index (κ2) is 6.56. The molecule has 8 atom stereocenters. The molecule has 0 amide bonds. The Morgan fingerprint density at radius 1 is 0.929 bits per heavy atom. The first-order valence-electron chi connectivity index (χ1n) is 12.0. The van der Waals surface area contributed by atoms with E-state index in [-0.39, 0.29) is 29.1 Å². The van der Waals surface area contributed by atoms with Gasteiger partial charge in [-0.15, -0.1) is 0 Å². The lowest BCUT2D eigenvalue weighted by molar-refractivity contribution is -0.143. The lowest BCUT2D eigenvalue weighted by Gasteiger charge is -2.60. The van der Waals surface area contributed by atoms with Crippen LogP contribution in [0.4, 0.5) is 0 Å². The van der Waals surface area contributed by atoms with Gasteiger partial charge in [0.25, 0.3) is 0 Å². The van der Waals surface area contributed by atoms with Gasteiger partial charge in [-0.3, -0.25) is 0 Å². The van der Waals surface area contributed by atoms with Crippen LogP contribution in [-0.4, -0.2) is 35.1 Å². The van der Waals surface area contributed by atoms with Crippen molar-refractivity contribution in [3.05, 3.63) is 11.6 Å². The molecule has 0 heterocycles. The minimum absolute atomic E-state index is 0.117. The number of aliphatic hydroxyl groups excluding tert-OH is 2. The van der Waals surface area contributed by atoms with Crippen molar-refractivity contribution in [3.8, 4) is 0 Å². The van der Waals surface area contributed by atoms with E-state index in [1.165, 1.54) is 50.5 Å². The summed E-state index contributed by atoms with van der Waals surface area (Å²) >= 11 is 0. The van der Waals surface area contributed by atoms with Gasteiger partial charge in [-0.25, -0.2) is 0 Å². The fourth-order valence-electron chi connectivity index (χ4n) is 8.93. The van der Waals surface area contributed by atoms with E-state index in [2.05, 4.69) is 19.9 Å². The summed E-state index contributed by atoms with van der Waals surface area (Å²) < 4.78 is 6.15. The maximum absolute atomic E-state index is 11.2. The van der Waals surface area contributed by atoms with E-state index in [4.69, 9.17) is 4.74 Å². The molecule has 2 N–H and O–H groups in total. The van der Waals surface area contributed by atoms with Crippen LogP contribution in [0.2, 0.25) is 0 Å². The SMILES string of the molecule is COC1(C2C[C@@]3(C)C(=CC(O)[C@@H]4[C@H]3CC[C@]3(C)CCC[C@@H]43)CC2O)CCCC1. The summed E-state index contributed by atoms with van der Waals surface area (Å²) in [5.41, 5.74) is 1.77. The van der Waals surface area contributed by atoms with Crippen molar-refractivity contribution in [2.24, 2.45) is 34.5 Å². The van der Waals surface area contributed by atoms with Crippen LogP contribution in [0.15, 0.2) is 11.6 Å². The van der Waals surface area contributed by atoms with Gasteiger partial charge in [0, 0.05) is 13.0 Å². The molecule has 3 nitrogen and oxygen atoms in total. The third kappa shape index (κ3) is 2.58. The minimum Gasteiger partial charge on any atom is -0.392 e. The molecule has 0 aliphatic heterocycles. The highest BCUT2D eigenvalue weighted by Gasteiger charge is 2.61. The largest absolute Gasteiger partial charge is 0.392 e. The Balaban J connectivity index is 1.51. The molecule has 0 bridgehead atoms. The first-order chi connectivity index (χ1) is 13.3. The predicted molar refractivity (Wildman–Crippen MR) is 111 cm³/mol. The number of rotatable bonds is 2. The molecule has 0 aromatic rings. The average Bonchev–Trinajstić information content (AvgIpc) is 3.29. The molecular weight excluding hydrogens is 348 g/mol. The summed E-state index contributed by atoms with van der Waals surface area (Å²) in [4.78, 5) is 0. The third-order valence-corrected chi connectivity index (χ3v) is 10.5. The Morgan fingerprint density at radius 2 is 1.68 bits per heavy atom. The van der Waals surface area contributed by atoms with Crippen LogP contribution in [0.25, 0.3) is 0 Å². The first kappa shape index (κ1) is 19.6. The quantitative estimate of drug-likeness (QED) is 0.665. The highest BCUT2D eigenvalue weighted by atomic mass is 16.5. The Labute approximate surface area is 170 Å². The molecule has 0 radical (unpaired) electrons. The second-order valence-electron chi connectivity index (χ2n) is 11.5. The summed E-state index contributed by atoms with van der Waals surface area (Å²) in [5.74, 6) is 1.87. The van der Waals surface area contributed by atoms with Crippen LogP contribution in [0, 0.1) is 34.5 Å². The van der Waals surface area contributed by atoms with Crippen LogP contribution in [0.3, 0.4) is 0 Å². The monoisotopic (exact) mass is 388 g/mol. The fraction of sp³-hybridized carbons (Fsp3) is 0.920. The Morgan fingerprint density at radius 3 is 2.39 bits per heavy atom. The predicted octanol–water partition coefficient (Wildman–Crippen LogP) is 4.86. The van der Waals surface area contributed by atoms with Crippen molar-refractivity contribution in [3.63, 3.8) is 0 Å². The smallest absolute Gasteiger partial charge is 0.0757 e. The number of aliphatic hydroxyl groups is 2. The van der Waals surface area contributed by atoms with Crippen molar-refractivity contribution < 1.29 is 14.9 Å². The molecule has 0 saturated heterocycles. The van der Waals surface area contributed by atoms with Crippen LogP contribution in [0.1, 0.15) is 84.5 Å². The number of fused-ring (bicyclic) bond motifs is 5. The van der Waals surface area contributed by atoms with Crippen molar-refractivity contribution in [2.45, 2.75) is 102 Å². The summed E-state index contributed by atoms with van der Waals surface area (Å²) in [5, 5.41) is 22.3. The molecule has 4 saturated carbocycles. The van der Waals surface area contributed by atoms with Crippen LogP contribution in [0.5, 0.6) is 0 Å². The van der Waals surface area contributed by atoms with Gasteiger partial charge >= 0.3 is 0 Å². The van der Waals surface area contributed by atoms with Gasteiger partial charge in [0.05, 0.1) is 17.8 Å². The van der Waals surface area contributed by atoms with Crippen molar-refractivity contribution >= 4 is 0 Å². The topological polar surface area (TPSA) is 49.7 Å². The molecule has 4 fully saturated rings. The van der Waals surface area contributed by atoms with E-state index < -0.39 is 0 Å². The Hall–Kier alpha value is -0.380. The minimum atomic E-state index is -0.332. The molecular formula is C25H40O3. The van der Waals surface area contributed by atoms with Crippen molar-refractivity contribution in [1.82, 2.24) is 0 Å². The summed E-state index contributed by atoms with van der Waals surface area (Å²) in [7, 11) is 1.86. The molecule has 158 valence electrons. The average molecular weight is 389 g/mol. The van der Waals surface area contributed by atoms with E-state index in [9.17, 15) is 10.2 Å². The molecule has 0 aromatic heterocycles. The second-order valence-corrected chi connectivity index (χ2v) is 11.5. The molecule has 0 aromatic carbocycles. The van der Waals surface area contributed by atoms with E-state index in [0.29, 0.717) is 23.2 Å². The van der Waals surface area contributed by atoms with E-state index >= 15 is 0 Å². The van der Waals surface area contributed by atoms with Gasteiger partial charge < -0.3 is 14.9 Å². The zero-order valence-corrected chi connectivity index (χ0v) is 18.1. The van der Waals surface area contributed by atoms with E-state index in [1.807, 2.05) is 7.11 Å². The summed E-state index contributed by atoms with van der Waals surface area (Å²) in [6, 6.07) is 0. The Kier molecular flexibility index (Phi) is 4.58. The highest BCUT2D eigenvalue weighted by Crippen LogP contribution is 2.66. The van der Waals surface area contributed by atoms with Crippen LogP contribution < -0.4 is 0 Å². The van der Waals surface area contributed by atoms with Crippen molar-refractivity contribution in [2.75, 3.05) is 7.11 Å². The summed E-state index contributed by atoms with van der Waals surface area (Å²) in [6.45, 7) is 4.96. The molecule has 5 rings (SSSR count). The van der Waals surface area contributed by atoms with Gasteiger partial charge in [-0.05, 0) is 80.0 Å². The zero-order valence-electron chi connectivity index (χ0n) is 18.1. The zero-order chi connectivity index (χ0) is 19.7. The fourth-order valence-corrected chi connectivity index (χ4v) is 8.93. The first-order valence-corrected chi connectivity index (χ1v) is 12.0. The van der Waals surface area contributed by atoms with E-state index in [0.717, 1.165) is 25.7 Å². The highest BCUT2D eigenvalue weighted by molar-refractivity contribution is 5.29. The Bertz CT molecular complexity index is 650. The normalized spacial score (nSPS) is 52.5. The van der Waals surface area contributed by atoms with Gasteiger partial charge in [0.1, 0.15) is 0 Å². The van der Waals surface area contributed by atoms with Gasteiger partial charge in [0.2, 0.25) is 0 Å². The van der Waals surface area contributed by atoms with Gasteiger partial charge in [0.15, 0.2) is 0 Å². The van der Waals surface area contributed by atoms with E-state index in [1.54, 1.807) is 0 Å². The maximum atomic E-state index is 11.2. The van der Waals surface area contributed by atoms with Crippen molar-refractivity contribution in [1.29, 1.82) is 0 Å². The molecule has 3 heteroatoms. The standard InChI is InChI=1S/C25H40O3/c1-23-9-6-7-17(23)22-18(8-12-23)24(2)15-19(25(28-3)10-4-5-11-25)20(26)13-16(24)14-21(22)27/h14,17-22,26-27H,4-13,15H2,1-3H3/t17-,18+,19?,20?,21?,22-,23-,24-/m0/s1. The molecule has 5 aliphatic rings. The molecule has 28 heavy (non-hydrogen) atoms. The number of methoxy groups -OCH3 is 1. The lowest BCUT2D eigenvalue weighted by atomic mass is 9.46. The molecule has 3 unspecified atom stereocenters. The van der Waals surface area contributed by atoms with Gasteiger partial charge in [-0.2, -0.15) is 0 Å². The number of hydrogen-bond acceptors (Lipinski definition) is 3. The van der Waals surface area contributed by atoms with Crippen LogP contribution in [-0.2, 0) is 4.74 Å². The number of hydrogen-bond donors (Lipinski definition) is 2. The maximum Gasteiger partial charge on any atom is 0.0757 e. The summed E-state index contributed by atoms with van der Waals surface area (Å²) in [6.07, 6.45) is 14.5.